The summed E-state index contributed by atoms with van der Waals surface area (Å²) in [7, 11) is 0. The lowest BCUT2D eigenvalue weighted by molar-refractivity contribution is -0.137. The fourth-order valence-corrected chi connectivity index (χ4v) is 1.69. The molecule has 3 nitrogen and oxygen atoms in total. The number of carbonyl (C=O) groups excluding carboxylic acids is 1. The molecule has 1 amide bonds. The van der Waals surface area contributed by atoms with Gasteiger partial charge in [0.05, 0.1) is 11.1 Å². The Bertz CT molecular complexity index is 441. The molecular formula is C11H10F3NO2. The van der Waals surface area contributed by atoms with Crippen molar-refractivity contribution in [3.8, 4) is 0 Å². The Labute approximate surface area is 95.6 Å². The number of carbonyl (C=O) groups is 1. The van der Waals surface area contributed by atoms with E-state index in [2.05, 4.69) is 5.32 Å². The van der Waals surface area contributed by atoms with Gasteiger partial charge in [-0.05, 0) is 24.6 Å². The molecule has 1 atom stereocenters. The van der Waals surface area contributed by atoms with Crippen molar-refractivity contribution in [1.29, 1.82) is 0 Å². The molecular weight excluding hydrogens is 235 g/mol. The van der Waals surface area contributed by atoms with E-state index < -0.39 is 23.4 Å². The Balaban J connectivity index is 2.27. The minimum Gasteiger partial charge on any atom is -0.447 e. The SMILES string of the molecule is CC1(c2ccc(C(F)(F)F)cc2)COC(=O)N1. The van der Waals surface area contributed by atoms with Crippen LogP contribution in [0.3, 0.4) is 0 Å². The summed E-state index contributed by atoms with van der Waals surface area (Å²) < 4.78 is 41.8. The van der Waals surface area contributed by atoms with E-state index in [4.69, 9.17) is 4.74 Å². The van der Waals surface area contributed by atoms with E-state index in [1.807, 2.05) is 0 Å². The van der Waals surface area contributed by atoms with Crippen LogP contribution >= 0.6 is 0 Å². The number of halogens is 3. The van der Waals surface area contributed by atoms with Crippen LogP contribution in [-0.2, 0) is 16.5 Å². The lowest BCUT2D eigenvalue weighted by Gasteiger charge is -2.21. The molecule has 0 saturated carbocycles. The lowest BCUT2D eigenvalue weighted by Crippen LogP contribution is -2.37. The minimum atomic E-state index is -4.35. The summed E-state index contributed by atoms with van der Waals surface area (Å²) in [5.74, 6) is 0. The summed E-state index contributed by atoms with van der Waals surface area (Å²) in [5.41, 5.74) is -0.896. The molecule has 17 heavy (non-hydrogen) atoms. The number of benzene rings is 1. The van der Waals surface area contributed by atoms with Gasteiger partial charge in [-0.15, -0.1) is 0 Å². The highest BCUT2D eigenvalue weighted by molar-refractivity contribution is 5.71. The molecule has 1 aliphatic heterocycles. The molecule has 0 radical (unpaired) electrons. The van der Waals surface area contributed by atoms with Gasteiger partial charge in [0.15, 0.2) is 0 Å². The van der Waals surface area contributed by atoms with Crippen LogP contribution in [-0.4, -0.2) is 12.7 Å². The van der Waals surface area contributed by atoms with Crippen molar-refractivity contribution < 1.29 is 22.7 Å². The van der Waals surface area contributed by atoms with Gasteiger partial charge in [0.25, 0.3) is 0 Å². The third kappa shape index (κ3) is 2.20. The average Bonchev–Trinajstić information content (AvgIpc) is 2.59. The molecule has 1 unspecified atom stereocenters. The highest BCUT2D eigenvalue weighted by Gasteiger charge is 2.37. The molecule has 0 bridgehead atoms. The van der Waals surface area contributed by atoms with Crippen molar-refractivity contribution in [2.45, 2.75) is 18.6 Å². The molecule has 1 N–H and O–H groups in total. The second kappa shape index (κ2) is 3.65. The van der Waals surface area contributed by atoms with Gasteiger partial charge in [-0.2, -0.15) is 13.2 Å². The van der Waals surface area contributed by atoms with Gasteiger partial charge in [-0.1, -0.05) is 12.1 Å². The first-order chi connectivity index (χ1) is 7.81. The first-order valence-corrected chi connectivity index (χ1v) is 4.94. The quantitative estimate of drug-likeness (QED) is 0.826. The molecule has 6 heteroatoms. The Morgan fingerprint density at radius 2 is 1.88 bits per heavy atom. The first kappa shape index (κ1) is 11.8. The summed E-state index contributed by atoms with van der Waals surface area (Å²) in [6.45, 7) is 1.80. The van der Waals surface area contributed by atoms with Crippen molar-refractivity contribution in [3.63, 3.8) is 0 Å². The van der Waals surface area contributed by atoms with Crippen molar-refractivity contribution in [1.82, 2.24) is 5.32 Å². The highest BCUT2D eigenvalue weighted by Crippen LogP contribution is 2.32. The van der Waals surface area contributed by atoms with E-state index in [9.17, 15) is 18.0 Å². The van der Waals surface area contributed by atoms with Gasteiger partial charge in [0.2, 0.25) is 0 Å². The van der Waals surface area contributed by atoms with Gasteiger partial charge in [0.1, 0.15) is 6.61 Å². The number of ether oxygens (including phenoxy) is 1. The normalized spacial score (nSPS) is 24.4. The van der Waals surface area contributed by atoms with E-state index in [1.54, 1.807) is 6.92 Å². The van der Waals surface area contributed by atoms with Crippen molar-refractivity contribution in [2.24, 2.45) is 0 Å². The number of nitrogens with one attached hydrogen (secondary N) is 1. The van der Waals surface area contributed by atoms with Crippen LogP contribution in [0.4, 0.5) is 18.0 Å². The Morgan fingerprint density at radius 3 is 2.29 bits per heavy atom. The van der Waals surface area contributed by atoms with E-state index in [1.165, 1.54) is 12.1 Å². The Morgan fingerprint density at radius 1 is 1.29 bits per heavy atom. The second-order valence-corrected chi connectivity index (χ2v) is 4.11. The Kier molecular flexibility index (Phi) is 2.52. The predicted octanol–water partition coefficient (Wildman–Crippen LogP) is 2.66. The first-order valence-electron chi connectivity index (χ1n) is 4.94. The zero-order valence-corrected chi connectivity index (χ0v) is 8.97. The summed E-state index contributed by atoms with van der Waals surface area (Å²) in [6, 6.07) is 4.67. The van der Waals surface area contributed by atoms with Crippen molar-refractivity contribution >= 4 is 6.09 Å². The van der Waals surface area contributed by atoms with Crippen molar-refractivity contribution in [2.75, 3.05) is 6.61 Å². The third-order valence-electron chi connectivity index (χ3n) is 2.72. The number of cyclic esters (lactones) is 1. The van der Waals surface area contributed by atoms with Gasteiger partial charge in [-0.3, -0.25) is 0 Å². The van der Waals surface area contributed by atoms with Gasteiger partial charge in [0, 0.05) is 0 Å². The summed E-state index contributed by atoms with van der Waals surface area (Å²) in [4.78, 5) is 10.9. The summed E-state index contributed by atoms with van der Waals surface area (Å²) in [6.07, 6.45) is -4.91. The maximum absolute atomic E-state index is 12.4. The van der Waals surface area contributed by atoms with Crippen LogP contribution in [0, 0.1) is 0 Å². The molecule has 0 aromatic heterocycles. The maximum atomic E-state index is 12.4. The van der Waals surface area contributed by atoms with Gasteiger partial charge < -0.3 is 10.1 Å². The third-order valence-corrected chi connectivity index (χ3v) is 2.72. The summed E-state index contributed by atoms with van der Waals surface area (Å²) >= 11 is 0. The highest BCUT2D eigenvalue weighted by atomic mass is 19.4. The van der Waals surface area contributed by atoms with Crippen LogP contribution in [0.5, 0.6) is 0 Å². The van der Waals surface area contributed by atoms with Crippen molar-refractivity contribution in [3.05, 3.63) is 35.4 Å². The number of rotatable bonds is 1. The van der Waals surface area contributed by atoms with Gasteiger partial charge >= 0.3 is 12.3 Å². The molecule has 1 heterocycles. The Hall–Kier alpha value is -1.72. The van der Waals surface area contributed by atoms with Crippen LogP contribution < -0.4 is 5.32 Å². The smallest absolute Gasteiger partial charge is 0.416 e. The van der Waals surface area contributed by atoms with E-state index in [0.29, 0.717) is 5.56 Å². The van der Waals surface area contributed by atoms with Gasteiger partial charge in [-0.25, -0.2) is 4.79 Å². The largest absolute Gasteiger partial charge is 0.447 e. The van der Waals surface area contributed by atoms with E-state index in [-0.39, 0.29) is 6.61 Å². The fraction of sp³-hybridized carbons (Fsp3) is 0.364. The van der Waals surface area contributed by atoms with Crippen LogP contribution in [0.2, 0.25) is 0 Å². The molecule has 0 spiro atoms. The molecule has 1 aliphatic rings. The number of hydrogen-bond acceptors (Lipinski definition) is 2. The number of amides is 1. The topological polar surface area (TPSA) is 38.3 Å². The minimum absolute atomic E-state index is 0.108. The zero-order valence-electron chi connectivity index (χ0n) is 8.97. The maximum Gasteiger partial charge on any atom is 0.416 e. The number of alkyl carbamates (subject to hydrolysis) is 1. The predicted molar refractivity (Wildman–Crippen MR) is 53.3 cm³/mol. The fourth-order valence-electron chi connectivity index (χ4n) is 1.69. The van der Waals surface area contributed by atoms with E-state index >= 15 is 0 Å². The molecule has 2 rings (SSSR count). The molecule has 92 valence electrons. The molecule has 1 aromatic rings. The standard InChI is InChI=1S/C11H10F3NO2/c1-10(6-17-9(16)15-10)7-2-4-8(5-3-7)11(12,13)14/h2-5H,6H2,1H3,(H,15,16). The monoisotopic (exact) mass is 245 g/mol. The number of alkyl halides is 3. The molecule has 0 aliphatic carbocycles. The van der Waals surface area contributed by atoms with E-state index in [0.717, 1.165) is 12.1 Å². The second-order valence-electron chi connectivity index (χ2n) is 4.11. The van der Waals surface area contributed by atoms with Crippen LogP contribution in [0.1, 0.15) is 18.1 Å². The molecule has 1 saturated heterocycles. The number of hydrogen-bond donors (Lipinski definition) is 1. The van der Waals surface area contributed by atoms with Crippen LogP contribution in [0.15, 0.2) is 24.3 Å². The average molecular weight is 245 g/mol. The lowest BCUT2D eigenvalue weighted by atomic mass is 9.93. The summed E-state index contributed by atoms with van der Waals surface area (Å²) in [5, 5.41) is 2.56. The zero-order chi connectivity index (χ0) is 12.7. The van der Waals surface area contributed by atoms with Crippen LogP contribution in [0.25, 0.3) is 0 Å². The molecule has 1 fully saturated rings. The molecule has 1 aromatic carbocycles.